The van der Waals surface area contributed by atoms with Gasteiger partial charge in [-0.1, -0.05) is 31.0 Å². The number of hydrogen-bond acceptors (Lipinski definition) is 2. The van der Waals surface area contributed by atoms with E-state index in [4.69, 9.17) is 4.99 Å². The number of nitrogens with one attached hydrogen (secondary N) is 3. The summed E-state index contributed by atoms with van der Waals surface area (Å²) in [7, 11) is 0. The van der Waals surface area contributed by atoms with Crippen molar-refractivity contribution >= 4 is 46.7 Å². The van der Waals surface area contributed by atoms with Crippen LogP contribution in [0.1, 0.15) is 44.7 Å². The molecule has 6 nitrogen and oxygen atoms in total. The minimum atomic E-state index is 0. The molecular formula is C22H32IN5O. The highest BCUT2D eigenvalue weighted by Gasteiger charge is 2.32. The zero-order chi connectivity index (χ0) is 19.3. The minimum Gasteiger partial charge on any atom is -0.357 e. The smallest absolute Gasteiger partial charge is 0.225 e. The van der Waals surface area contributed by atoms with Gasteiger partial charge in [0.2, 0.25) is 5.91 Å². The third-order valence-corrected chi connectivity index (χ3v) is 5.88. The Kier molecular flexibility index (Phi) is 7.80. The molecule has 0 spiro atoms. The lowest BCUT2D eigenvalue weighted by molar-refractivity contribution is -0.134. The lowest BCUT2D eigenvalue weighted by Gasteiger charge is -2.21. The first-order valence-electron chi connectivity index (χ1n) is 10.6. The van der Waals surface area contributed by atoms with E-state index in [2.05, 4.69) is 45.6 Å². The van der Waals surface area contributed by atoms with Gasteiger partial charge in [-0.2, -0.15) is 0 Å². The number of aromatic nitrogens is 1. The summed E-state index contributed by atoms with van der Waals surface area (Å²) in [4.78, 5) is 22.9. The number of halogens is 1. The third kappa shape index (κ3) is 5.43. The summed E-state index contributed by atoms with van der Waals surface area (Å²) < 4.78 is 0. The van der Waals surface area contributed by atoms with Gasteiger partial charge in [-0.25, -0.2) is 4.99 Å². The van der Waals surface area contributed by atoms with Crippen LogP contribution >= 0.6 is 24.0 Å². The highest BCUT2D eigenvalue weighted by Crippen LogP contribution is 2.27. The van der Waals surface area contributed by atoms with E-state index in [1.54, 1.807) is 0 Å². The number of fused-ring (bicyclic) bond motifs is 1. The summed E-state index contributed by atoms with van der Waals surface area (Å²) >= 11 is 0. The first-order chi connectivity index (χ1) is 13.7. The maximum atomic E-state index is 12.6. The Morgan fingerprint density at radius 2 is 2.03 bits per heavy atom. The molecule has 29 heavy (non-hydrogen) atoms. The number of aliphatic imine (C=N–C) groups is 1. The van der Waals surface area contributed by atoms with Crippen molar-refractivity contribution in [2.45, 2.75) is 51.6 Å². The molecule has 1 aromatic carbocycles. The van der Waals surface area contributed by atoms with Crippen LogP contribution in [0.4, 0.5) is 0 Å². The predicted octanol–water partition coefficient (Wildman–Crippen LogP) is 3.63. The Bertz CT molecular complexity index is 810. The highest BCUT2D eigenvalue weighted by molar-refractivity contribution is 14.0. The first-order valence-corrected chi connectivity index (χ1v) is 10.6. The zero-order valence-electron chi connectivity index (χ0n) is 17.1. The molecule has 2 fully saturated rings. The van der Waals surface area contributed by atoms with Crippen LogP contribution in [0.25, 0.3) is 10.9 Å². The predicted molar refractivity (Wildman–Crippen MR) is 129 cm³/mol. The van der Waals surface area contributed by atoms with Crippen molar-refractivity contribution in [3.05, 3.63) is 36.0 Å². The van der Waals surface area contributed by atoms with Crippen LogP contribution < -0.4 is 10.6 Å². The highest BCUT2D eigenvalue weighted by atomic mass is 127. The second-order valence-electron chi connectivity index (χ2n) is 7.97. The fourth-order valence-corrected chi connectivity index (χ4v) is 4.41. The zero-order valence-corrected chi connectivity index (χ0v) is 19.4. The van der Waals surface area contributed by atoms with Crippen LogP contribution in [0.2, 0.25) is 0 Å². The molecule has 158 valence electrons. The second-order valence-corrected chi connectivity index (χ2v) is 7.97. The molecular weight excluding hydrogens is 477 g/mol. The Labute approximate surface area is 189 Å². The topological polar surface area (TPSA) is 72.5 Å². The van der Waals surface area contributed by atoms with Crippen LogP contribution in [-0.2, 0) is 11.3 Å². The summed E-state index contributed by atoms with van der Waals surface area (Å²) in [5.41, 5.74) is 2.24. The molecule has 0 bridgehead atoms. The summed E-state index contributed by atoms with van der Waals surface area (Å²) in [5, 5.41) is 8.07. The van der Waals surface area contributed by atoms with Gasteiger partial charge in [0.05, 0.1) is 6.54 Å². The van der Waals surface area contributed by atoms with Crippen LogP contribution in [0, 0.1) is 5.92 Å². The van der Waals surface area contributed by atoms with Gasteiger partial charge in [-0.15, -0.1) is 24.0 Å². The number of carbonyl (C=O) groups is 1. The molecule has 2 heterocycles. The molecule has 1 unspecified atom stereocenters. The summed E-state index contributed by atoms with van der Waals surface area (Å²) in [6, 6.07) is 10.7. The molecule has 1 amide bonds. The number of likely N-dealkylation sites (tertiary alicyclic amines) is 1. The molecule has 7 heteroatoms. The van der Waals surface area contributed by atoms with Crippen molar-refractivity contribution in [1.82, 2.24) is 20.5 Å². The van der Waals surface area contributed by atoms with Crippen molar-refractivity contribution in [3.8, 4) is 0 Å². The van der Waals surface area contributed by atoms with Gasteiger partial charge in [0.1, 0.15) is 0 Å². The summed E-state index contributed by atoms with van der Waals surface area (Å²) in [6.07, 6.45) is 5.53. The fourth-order valence-electron chi connectivity index (χ4n) is 4.41. The average molecular weight is 509 g/mol. The molecule has 1 saturated heterocycles. The summed E-state index contributed by atoms with van der Waals surface area (Å²) in [6.45, 7) is 5.13. The quantitative estimate of drug-likeness (QED) is 0.328. The molecule has 3 N–H and O–H groups in total. The fraction of sp³-hybridized carbons (Fsp3) is 0.545. The average Bonchev–Trinajstić information content (AvgIpc) is 3.45. The summed E-state index contributed by atoms with van der Waals surface area (Å²) in [5.74, 6) is 1.45. The van der Waals surface area contributed by atoms with Crippen LogP contribution in [0.5, 0.6) is 0 Å². The van der Waals surface area contributed by atoms with Crippen molar-refractivity contribution in [1.29, 1.82) is 0 Å². The largest absolute Gasteiger partial charge is 0.357 e. The van der Waals surface area contributed by atoms with Gasteiger partial charge < -0.3 is 20.5 Å². The first kappa shape index (κ1) is 21.9. The molecule has 4 rings (SSSR count). The van der Waals surface area contributed by atoms with Gasteiger partial charge in [0.25, 0.3) is 0 Å². The van der Waals surface area contributed by atoms with Gasteiger partial charge >= 0.3 is 0 Å². The monoisotopic (exact) mass is 509 g/mol. The van der Waals surface area contributed by atoms with Crippen LogP contribution in [0.3, 0.4) is 0 Å². The lowest BCUT2D eigenvalue weighted by Crippen LogP contribution is -2.45. The lowest BCUT2D eigenvalue weighted by atomic mass is 10.1. The van der Waals surface area contributed by atoms with E-state index in [-0.39, 0.29) is 35.9 Å². The molecule has 2 aromatic rings. The van der Waals surface area contributed by atoms with Gasteiger partial charge in [-0.3, -0.25) is 4.79 Å². The molecule has 1 aliphatic heterocycles. The van der Waals surface area contributed by atoms with Crippen molar-refractivity contribution in [2.75, 3.05) is 19.6 Å². The number of rotatable bonds is 5. The number of nitrogens with zero attached hydrogens (tertiary/aromatic N) is 2. The number of benzene rings is 1. The van der Waals surface area contributed by atoms with E-state index in [1.165, 1.54) is 18.2 Å². The normalized spacial score (nSPS) is 20.1. The SMILES string of the molecule is CCNC(=NCc1cc2ccccc2[nH]1)NC1CCN(C(=O)C2CCCC2)C1.I. The maximum Gasteiger partial charge on any atom is 0.225 e. The standard InChI is InChI=1S/C22H31N5O.HI/c1-2-23-22(24-14-19-13-17-9-5-6-10-20(17)25-19)26-18-11-12-27(15-18)21(28)16-7-3-4-8-16;/h5-6,9-10,13,16,18,25H,2-4,7-8,11-12,14-15H2,1H3,(H2,23,24,26);1H. The van der Waals surface area contributed by atoms with Crippen molar-refractivity contribution in [3.63, 3.8) is 0 Å². The number of hydrogen-bond donors (Lipinski definition) is 3. The molecule has 1 aromatic heterocycles. The van der Waals surface area contributed by atoms with E-state index in [0.717, 1.165) is 56.1 Å². The number of guanidine groups is 1. The molecule has 1 aliphatic carbocycles. The second kappa shape index (κ2) is 10.3. The van der Waals surface area contributed by atoms with E-state index in [0.29, 0.717) is 12.5 Å². The van der Waals surface area contributed by atoms with E-state index < -0.39 is 0 Å². The maximum absolute atomic E-state index is 12.6. The Balaban J connectivity index is 0.00000240. The number of para-hydroxylation sites is 1. The van der Waals surface area contributed by atoms with Crippen LogP contribution in [0.15, 0.2) is 35.3 Å². The van der Waals surface area contributed by atoms with Crippen molar-refractivity contribution < 1.29 is 4.79 Å². The van der Waals surface area contributed by atoms with Gasteiger partial charge in [0.15, 0.2) is 5.96 Å². The van der Waals surface area contributed by atoms with Crippen LogP contribution in [-0.4, -0.2) is 47.4 Å². The Hall–Kier alpha value is -1.77. The molecule has 2 aliphatic rings. The molecule has 1 saturated carbocycles. The van der Waals surface area contributed by atoms with E-state index in [9.17, 15) is 4.79 Å². The third-order valence-electron chi connectivity index (χ3n) is 5.88. The van der Waals surface area contributed by atoms with Gasteiger partial charge in [-0.05, 0) is 43.7 Å². The minimum absolute atomic E-state index is 0. The van der Waals surface area contributed by atoms with E-state index >= 15 is 0 Å². The van der Waals surface area contributed by atoms with E-state index in [1.807, 2.05) is 12.1 Å². The molecule has 1 atom stereocenters. The van der Waals surface area contributed by atoms with Crippen molar-refractivity contribution in [2.24, 2.45) is 10.9 Å². The molecule has 0 radical (unpaired) electrons. The Morgan fingerprint density at radius 3 is 2.79 bits per heavy atom. The number of aromatic amines is 1. The number of carbonyl (C=O) groups excluding carboxylic acids is 1. The number of H-pyrrole nitrogens is 1. The number of amides is 1. The van der Waals surface area contributed by atoms with Gasteiger partial charge in [0, 0.05) is 42.8 Å². The Morgan fingerprint density at radius 1 is 1.24 bits per heavy atom.